The van der Waals surface area contributed by atoms with Gasteiger partial charge in [0.2, 0.25) is 11.8 Å². The van der Waals surface area contributed by atoms with Crippen LogP contribution < -0.4 is 10.6 Å². The Hall–Kier alpha value is -3.39. The number of nitrogens with zero attached hydrogens (tertiary/aromatic N) is 2. The number of carbonyl (C=O) groups excluding carboxylic acids is 1. The third-order valence-corrected chi connectivity index (χ3v) is 3.26. The molecular formula is C16H12N4O4. The molecule has 0 saturated carbocycles. The number of hydrogen-bond acceptors (Lipinski definition) is 6. The van der Waals surface area contributed by atoms with Gasteiger partial charge < -0.3 is 9.30 Å². The Labute approximate surface area is 136 Å². The van der Waals surface area contributed by atoms with Crippen LogP contribution in [0.1, 0.15) is 0 Å². The van der Waals surface area contributed by atoms with Crippen molar-refractivity contribution in [3.05, 3.63) is 54.6 Å². The summed E-state index contributed by atoms with van der Waals surface area (Å²) in [6, 6.07) is 10.4. The molecule has 8 nitrogen and oxygen atoms in total. The SMILES string of the molecule is O=C(NC1=CCOO1)Nc1cc(-c2nc3ccccc3o2)ccn1. The van der Waals surface area contributed by atoms with Crippen LogP contribution in [0.3, 0.4) is 0 Å². The summed E-state index contributed by atoms with van der Waals surface area (Å²) in [4.78, 5) is 29.8. The molecule has 2 amide bonds. The third kappa shape index (κ3) is 2.90. The average Bonchev–Trinajstić information content (AvgIpc) is 3.24. The Balaban J connectivity index is 1.53. The molecule has 0 fully saturated rings. The summed E-state index contributed by atoms with van der Waals surface area (Å²) in [5.74, 6) is 1.05. The number of rotatable bonds is 3. The van der Waals surface area contributed by atoms with Crippen LogP contribution in [0.2, 0.25) is 0 Å². The van der Waals surface area contributed by atoms with E-state index in [0.29, 0.717) is 29.5 Å². The average molecular weight is 324 g/mol. The van der Waals surface area contributed by atoms with Crippen molar-refractivity contribution in [2.75, 3.05) is 11.9 Å². The number of anilines is 1. The molecule has 1 aromatic carbocycles. The maximum Gasteiger partial charge on any atom is 0.327 e. The second kappa shape index (κ2) is 6.01. The number of nitrogens with one attached hydrogen (secondary N) is 2. The molecule has 0 aliphatic carbocycles. The van der Waals surface area contributed by atoms with Gasteiger partial charge in [0, 0.05) is 17.8 Å². The van der Waals surface area contributed by atoms with Crippen LogP contribution >= 0.6 is 0 Å². The van der Waals surface area contributed by atoms with Crippen molar-refractivity contribution in [3.8, 4) is 11.5 Å². The quantitative estimate of drug-likeness (QED) is 0.719. The van der Waals surface area contributed by atoms with E-state index >= 15 is 0 Å². The van der Waals surface area contributed by atoms with Crippen LogP contribution in [0.4, 0.5) is 10.6 Å². The summed E-state index contributed by atoms with van der Waals surface area (Å²) in [5.41, 5.74) is 2.17. The van der Waals surface area contributed by atoms with Crippen LogP contribution in [0.25, 0.3) is 22.6 Å². The molecule has 0 radical (unpaired) electrons. The first-order valence-corrected chi connectivity index (χ1v) is 7.17. The fourth-order valence-electron chi connectivity index (χ4n) is 2.20. The molecular weight excluding hydrogens is 312 g/mol. The van der Waals surface area contributed by atoms with Crippen molar-refractivity contribution in [1.29, 1.82) is 0 Å². The largest absolute Gasteiger partial charge is 0.436 e. The van der Waals surface area contributed by atoms with Gasteiger partial charge in [-0.1, -0.05) is 12.1 Å². The maximum atomic E-state index is 11.9. The summed E-state index contributed by atoms with van der Waals surface area (Å²) in [6.07, 6.45) is 3.16. The highest BCUT2D eigenvalue weighted by atomic mass is 17.2. The third-order valence-electron chi connectivity index (χ3n) is 3.26. The van der Waals surface area contributed by atoms with E-state index in [9.17, 15) is 4.79 Å². The molecule has 2 N–H and O–H groups in total. The minimum absolute atomic E-state index is 0.239. The molecule has 24 heavy (non-hydrogen) atoms. The molecule has 3 heterocycles. The predicted molar refractivity (Wildman–Crippen MR) is 84.5 cm³/mol. The number of aromatic nitrogens is 2. The minimum atomic E-state index is -0.492. The number of amides is 2. The highest BCUT2D eigenvalue weighted by molar-refractivity contribution is 5.89. The Bertz CT molecular complexity index is 901. The number of pyridine rings is 1. The van der Waals surface area contributed by atoms with Crippen LogP contribution in [0.15, 0.2) is 59.0 Å². The summed E-state index contributed by atoms with van der Waals surface area (Å²) in [6.45, 7) is 0.293. The number of para-hydroxylation sites is 2. The Morgan fingerprint density at radius 2 is 2.08 bits per heavy atom. The fraction of sp³-hybridized carbons (Fsp3) is 0.0625. The van der Waals surface area contributed by atoms with Gasteiger partial charge in [0.25, 0.3) is 0 Å². The molecule has 3 aromatic rings. The first kappa shape index (κ1) is 14.2. The number of carbonyl (C=O) groups is 1. The number of hydrogen-bond donors (Lipinski definition) is 2. The zero-order valence-electron chi connectivity index (χ0n) is 12.4. The highest BCUT2D eigenvalue weighted by Crippen LogP contribution is 2.25. The van der Waals surface area contributed by atoms with Crippen LogP contribution in [-0.4, -0.2) is 22.6 Å². The zero-order chi connectivity index (χ0) is 16.4. The van der Waals surface area contributed by atoms with Crippen molar-refractivity contribution in [2.24, 2.45) is 0 Å². The second-order valence-corrected chi connectivity index (χ2v) is 4.93. The Morgan fingerprint density at radius 3 is 2.92 bits per heavy atom. The van der Waals surface area contributed by atoms with E-state index in [2.05, 4.69) is 25.5 Å². The summed E-state index contributed by atoms with van der Waals surface area (Å²) >= 11 is 0. The first-order valence-electron chi connectivity index (χ1n) is 7.17. The lowest BCUT2D eigenvalue weighted by molar-refractivity contribution is -0.236. The summed E-state index contributed by atoms with van der Waals surface area (Å²) < 4.78 is 5.71. The van der Waals surface area contributed by atoms with Gasteiger partial charge in [-0.2, -0.15) is 4.89 Å². The lowest BCUT2D eigenvalue weighted by atomic mass is 10.2. The molecule has 2 aromatic heterocycles. The minimum Gasteiger partial charge on any atom is -0.436 e. The molecule has 0 atom stereocenters. The number of benzene rings is 1. The highest BCUT2D eigenvalue weighted by Gasteiger charge is 2.13. The topological polar surface area (TPSA) is 98.5 Å². The molecule has 0 unspecified atom stereocenters. The molecule has 0 bridgehead atoms. The van der Waals surface area contributed by atoms with Crippen molar-refractivity contribution < 1.29 is 19.0 Å². The molecule has 120 valence electrons. The summed E-state index contributed by atoms with van der Waals surface area (Å²) in [5, 5.41) is 5.10. The van der Waals surface area contributed by atoms with Gasteiger partial charge in [-0.25, -0.2) is 14.8 Å². The van der Waals surface area contributed by atoms with Gasteiger partial charge in [0.05, 0.1) is 0 Å². The van der Waals surface area contributed by atoms with Gasteiger partial charge in [-0.3, -0.25) is 10.6 Å². The number of oxazole rings is 1. The van der Waals surface area contributed by atoms with Crippen molar-refractivity contribution in [3.63, 3.8) is 0 Å². The van der Waals surface area contributed by atoms with Gasteiger partial charge >= 0.3 is 6.03 Å². The Kier molecular flexibility index (Phi) is 3.56. The van der Waals surface area contributed by atoms with E-state index in [1.807, 2.05) is 24.3 Å². The van der Waals surface area contributed by atoms with Gasteiger partial charge in [-0.05, 0) is 24.3 Å². The molecule has 4 rings (SSSR count). The molecule has 8 heteroatoms. The zero-order valence-corrected chi connectivity index (χ0v) is 12.4. The molecule has 0 spiro atoms. The van der Waals surface area contributed by atoms with Gasteiger partial charge in [0.15, 0.2) is 5.58 Å². The lowest BCUT2D eigenvalue weighted by Gasteiger charge is -2.06. The van der Waals surface area contributed by atoms with Gasteiger partial charge in [0.1, 0.15) is 17.9 Å². The monoisotopic (exact) mass is 324 g/mol. The number of fused-ring (bicyclic) bond motifs is 1. The smallest absolute Gasteiger partial charge is 0.327 e. The lowest BCUT2D eigenvalue weighted by Crippen LogP contribution is -2.28. The normalized spacial score (nSPS) is 13.4. The van der Waals surface area contributed by atoms with Crippen molar-refractivity contribution in [2.45, 2.75) is 0 Å². The molecule has 0 saturated heterocycles. The van der Waals surface area contributed by atoms with Gasteiger partial charge in [-0.15, -0.1) is 0 Å². The second-order valence-electron chi connectivity index (χ2n) is 4.93. The van der Waals surface area contributed by atoms with Crippen LogP contribution in [0, 0.1) is 0 Å². The van der Waals surface area contributed by atoms with Crippen LogP contribution in [-0.2, 0) is 9.78 Å². The summed E-state index contributed by atoms with van der Waals surface area (Å²) in [7, 11) is 0. The van der Waals surface area contributed by atoms with Crippen LogP contribution in [0.5, 0.6) is 0 Å². The standard InChI is InChI=1S/C16H12N4O4/c21-16(20-14-6-8-22-24-14)19-13-9-10(5-7-17-13)15-18-11-3-1-2-4-12(11)23-15/h1-7,9H,8H2,(H2,17,19,20,21). The first-order chi connectivity index (χ1) is 11.8. The fourth-order valence-corrected chi connectivity index (χ4v) is 2.20. The van der Waals surface area contributed by atoms with E-state index in [1.165, 1.54) is 0 Å². The van der Waals surface area contributed by atoms with Crippen molar-refractivity contribution in [1.82, 2.24) is 15.3 Å². The Morgan fingerprint density at radius 1 is 1.17 bits per heavy atom. The van der Waals surface area contributed by atoms with Crippen molar-refractivity contribution >= 4 is 22.9 Å². The molecule has 1 aliphatic heterocycles. The van der Waals surface area contributed by atoms with E-state index in [-0.39, 0.29) is 5.88 Å². The predicted octanol–water partition coefficient (Wildman–Crippen LogP) is 2.81. The van der Waals surface area contributed by atoms with E-state index in [1.54, 1.807) is 24.4 Å². The number of urea groups is 1. The van der Waals surface area contributed by atoms with E-state index < -0.39 is 6.03 Å². The molecule has 1 aliphatic rings. The van der Waals surface area contributed by atoms with E-state index in [0.717, 1.165) is 5.52 Å². The van der Waals surface area contributed by atoms with E-state index in [4.69, 9.17) is 9.30 Å². The maximum absolute atomic E-state index is 11.9.